The predicted molar refractivity (Wildman–Crippen MR) is 84.7 cm³/mol. The maximum absolute atomic E-state index is 11.0. The molecule has 0 amide bonds. The number of carboxylic acid groups (broad SMARTS) is 2. The van der Waals surface area contributed by atoms with Gasteiger partial charge in [0.1, 0.15) is 0 Å². The van der Waals surface area contributed by atoms with E-state index in [-0.39, 0.29) is 34.8 Å². The standard InChI is InChI=1S/C14H12N2O4.2H3N/c15-11-3-1-7(5-9(11)13(17)18)8-2-4-12(16)10(6-8)14(19)20;;/h1-6H,15-16H2,(H,17,18)(H,19,20);2*1H3. The average molecular weight is 306 g/mol. The van der Waals surface area contributed by atoms with Crippen LogP contribution in [0.15, 0.2) is 36.4 Å². The van der Waals surface area contributed by atoms with E-state index in [1.807, 2.05) is 0 Å². The zero-order valence-electron chi connectivity index (χ0n) is 11.7. The first-order chi connectivity index (χ1) is 9.40. The number of carbonyl (C=O) groups is 2. The molecule has 22 heavy (non-hydrogen) atoms. The van der Waals surface area contributed by atoms with Gasteiger partial charge in [0, 0.05) is 11.4 Å². The molecule has 0 heterocycles. The number of anilines is 2. The van der Waals surface area contributed by atoms with Gasteiger partial charge in [-0.3, -0.25) is 0 Å². The molecule has 0 spiro atoms. The SMILES string of the molecule is N.N.Nc1ccc(-c2ccc(N)c(C(=O)O)c2)cc1C(=O)O. The summed E-state index contributed by atoms with van der Waals surface area (Å²) in [6.45, 7) is 0. The summed E-state index contributed by atoms with van der Waals surface area (Å²) in [7, 11) is 0. The third-order valence-electron chi connectivity index (χ3n) is 2.90. The van der Waals surface area contributed by atoms with Crippen molar-refractivity contribution in [2.45, 2.75) is 0 Å². The second-order valence-corrected chi connectivity index (χ2v) is 4.21. The molecule has 0 aliphatic rings. The topological polar surface area (TPSA) is 197 Å². The highest BCUT2D eigenvalue weighted by molar-refractivity contribution is 5.97. The number of aromatic carboxylic acids is 2. The lowest BCUT2D eigenvalue weighted by molar-refractivity contribution is 0.0687. The third kappa shape index (κ3) is 3.51. The van der Waals surface area contributed by atoms with E-state index in [1.54, 1.807) is 12.1 Å². The van der Waals surface area contributed by atoms with Gasteiger partial charge in [0.2, 0.25) is 0 Å². The van der Waals surface area contributed by atoms with Crippen LogP contribution in [0.5, 0.6) is 0 Å². The smallest absolute Gasteiger partial charge is 0.337 e. The summed E-state index contributed by atoms with van der Waals surface area (Å²) in [6, 6.07) is 8.98. The zero-order valence-corrected chi connectivity index (χ0v) is 11.7. The van der Waals surface area contributed by atoms with Crippen molar-refractivity contribution in [2.75, 3.05) is 11.5 Å². The molecular formula is C14H18N4O4. The third-order valence-corrected chi connectivity index (χ3v) is 2.90. The van der Waals surface area contributed by atoms with E-state index in [4.69, 9.17) is 21.7 Å². The summed E-state index contributed by atoms with van der Waals surface area (Å²) < 4.78 is 0. The molecule has 0 bridgehead atoms. The van der Waals surface area contributed by atoms with Crippen LogP contribution in [0.2, 0.25) is 0 Å². The van der Waals surface area contributed by atoms with Crippen molar-refractivity contribution in [1.82, 2.24) is 12.3 Å². The second kappa shape index (κ2) is 7.07. The molecule has 0 aromatic heterocycles. The summed E-state index contributed by atoms with van der Waals surface area (Å²) in [5.41, 5.74) is 12.5. The molecule has 0 aliphatic carbocycles. The molecule has 12 N–H and O–H groups in total. The van der Waals surface area contributed by atoms with E-state index in [9.17, 15) is 9.59 Å². The average Bonchev–Trinajstić information content (AvgIpc) is 2.39. The number of benzene rings is 2. The predicted octanol–water partition coefficient (Wildman–Crippen LogP) is 2.24. The molecule has 0 atom stereocenters. The van der Waals surface area contributed by atoms with Gasteiger partial charge in [-0.15, -0.1) is 0 Å². The van der Waals surface area contributed by atoms with Gasteiger partial charge < -0.3 is 34.0 Å². The number of hydrogen-bond acceptors (Lipinski definition) is 6. The summed E-state index contributed by atoms with van der Waals surface area (Å²) in [4.78, 5) is 22.1. The fourth-order valence-electron chi connectivity index (χ4n) is 1.84. The Balaban J connectivity index is 0.00000220. The molecule has 2 aromatic rings. The Hall–Kier alpha value is -3.10. The van der Waals surface area contributed by atoms with Crippen molar-refractivity contribution in [2.24, 2.45) is 0 Å². The van der Waals surface area contributed by atoms with Gasteiger partial charge in [0.05, 0.1) is 11.1 Å². The summed E-state index contributed by atoms with van der Waals surface area (Å²) in [6.07, 6.45) is 0. The number of nitrogens with two attached hydrogens (primary N) is 2. The lowest BCUT2D eigenvalue weighted by atomic mass is 9.99. The van der Waals surface area contributed by atoms with Gasteiger partial charge in [0.25, 0.3) is 0 Å². The van der Waals surface area contributed by atoms with Crippen LogP contribution in [-0.2, 0) is 0 Å². The lowest BCUT2D eigenvalue weighted by Gasteiger charge is -2.08. The molecule has 0 saturated heterocycles. The Bertz CT molecular complexity index is 654. The quantitative estimate of drug-likeness (QED) is 0.463. The maximum atomic E-state index is 11.0. The molecule has 2 rings (SSSR count). The van der Waals surface area contributed by atoms with Crippen molar-refractivity contribution in [3.63, 3.8) is 0 Å². The van der Waals surface area contributed by atoms with Crippen LogP contribution < -0.4 is 23.8 Å². The summed E-state index contributed by atoms with van der Waals surface area (Å²) in [5, 5.41) is 18.1. The van der Waals surface area contributed by atoms with Crippen LogP contribution >= 0.6 is 0 Å². The summed E-state index contributed by atoms with van der Waals surface area (Å²) >= 11 is 0. The van der Waals surface area contributed by atoms with Gasteiger partial charge in [-0.05, 0) is 35.4 Å². The van der Waals surface area contributed by atoms with Crippen molar-refractivity contribution in [3.05, 3.63) is 47.5 Å². The van der Waals surface area contributed by atoms with Crippen molar-refractivity contribution >= 4 is 23.3 Å². The number of hydrogen-bond donors (Lipinski definition) is 6. The first-order valence-electron chi connectivity index (χ1n) is 5.66. The molecule has 2 aromatic carbocycles. The molecule has 0 fully saturated rings. The molecule has 0 radical (unpaired) electrons. The van der Waals surface area contributed by atoms with E-state index in [1.165, 1.54) is 24.3 Å². The maximum Gasteiger partial charge on any atom is 0.337 e. The number of carboxylic acids is 2. The minimum absolute atomic E-state index is 0. The fourth-order valence-corrected chi connectivity index (χ4v) is 1.84. The van der Waals surface area contributed by atoms with Crippen molar-refractivity contribution in [3.8, 4) is 11.1 Å². The Kier molecular flexibility index (Phi) is 6.07. The monoisotopic (exact) mass is 306 g/mol. The fraction of sp³-hybridized carbons (Fsp3) is 0. The van der Waals surface area contributed by atoms with E-state index in [0.29, 0.717) is 11.1 Å². The van der Waals surface area contributed by atoms with E-state index < -0.39 is 11.9 Å². The molecule has 8 heteroatoms. The molecule has 0 aliphatic heterocycles. The second-order valence-electron chi connectivity index (χ2n) is 4.21. The Labute approximate surface area is 126 Å². The minimum Gasteiger partial charge on any atom is -0.478 e. The van der Waals surface area contributed by atoms with Crippen LogP contribution in [0.25, 0.3) is 11.1 Å². The highest BCUT2D eigenvalue weighted by Gasteiger charge is 2.12. The van der Waals surface area contributed by atoms with Gasteiger partial charge >= 0.3 is 11.9 Å². The largest absolute Gasteiger partial charge is 0.478 e. The Morgan fingerprint density at radius 1 is 0.727 bits per heavy atom. The van der Waals surface area contributed by atoms with Crippen LogP contribution in [-0.4, -0.2) is 22.2 Å². The first kappa shape index (κ1) is 18.9. The van der Waals surface area contributed by atoms with Crippen molar-refractivity contribution in [1.29, 1.82) is 0 Å². The highest BCUT2D eigenvalue weighted by Crippen LogP contribution is 2.26. The highest BCUT2D eigenvalue weighted by atomic mass is 16.4. The lowest BCUT2D eigenvalue weighted by Crippen LogP contribution is -2.04. The number of nitrogen functional groups attached to an aromatic ring is 2. The Morgan fingerprint density at radius 2 is 1.05 bits per heavy atom. The normalized spacial score (nSPS) is 9.27. The molecular weight excluding hydrogens is 288 g/mol. The Morgan fingerprint density at radius 3 is 1.32 bits per heavy atom. The van der Waals surface area contributed by atoms with E-state index >= 15 is 0 Å². The minimum atomic E-state index is -1.14. The first-order valence-corrected chi connectivity index (χ1v) is 5.66. The number of rotatable bonds is 3. The molecule has 0 unspecified atom stereocenters. The van der Waals surface area contributed by atoms with Crippen LogP contribution in [0.4, 0.5) is 11.4 Å². The van der Waals surface area contributed by atoms with E-state index in [0.717, 1.165) is 0 Å². The van der Waals surface area contributed by atoms with Crippen LogP contribution in [0.1, 0.15) is 20.7 Å². The molecule has 0 saturated carbocycles. The van der Waals surface area contributed by atoms with Crippen LogP contribution in [0, 0.1) is 0 Å². The van der Waals surface area contributed by atoms with Crippen molar-refractivity contribution < 1.29 is 19.8 Å². The molecule has 8 nitrogen and oxygen atoms in total. The van der Waals surface area contributed by atoms with Gasteiger partial charge in [-0.2, -0.15) is 0 Å². The zero-order chi connectivity index (χ0) is 14.9. The van der Waals surface area contributed by atoms with Gasteiger partial charge in [-0.25, -0.2) is 9.59 Å². The van der Waals surface area contributed by atoms with Gasteiger partial charge in [-0.1, -0.05) is 12.1 Å². The van der Waals surface area contributed by atoms with Gasteiger partial charge in [0.15, 0.2) is 0 Å². The van der Waals surface area contributed by atoms with Crippen LogP contribution in [0.3, 0.4) is 0 Å². The summed E-state index contributed by atoms with van der Waals surface area (Å²) in [5.74, 6) is -2.28. The van der Waals surface area contributed by atoms with E-state index in [2.05, 4.69) is 0 Å². The molecule has 118 valence electrons.